The van der Waals surface area contributed by atoms with Crippen molar-refractivity contribution >= 4 is 17.2 Å². The number of benzene rings is 1. The van der Waals surface area contributed by atoms with Crippen LogP contribution < -0.4 is 0 Å². The van der Waals surface area contributed by atoms with Crippen molar-refractivity contribution in [2.75, 3.05) is 32.7 Å². The van der Waals surface area contributed by atoms with Gasteiger partial charge in [0.2, 0.25) is 11.7 Å². The Morgan fingerprint density at radius 2 is 2.00 bits per heavy atom. The fourth-order valence-electron chi connectivity index (χ4n) is 3.71. The van der Waals surface area contributed by atoms with Gasteiger partial charge in [-0.3, -0.25) is 9.69 Å². The molecule has 1 fully saturated rings. The van der Waals surface area contributed by atoms with Gasteiger partial charge in [-0.05, 0) is 49.9 Å². The number of aromatic nitrogens is 2. The molecular formula is C22H26N4O2S. The lowest BCUT2D eigenvalue weighted by atomic mass is 10.0. The van der Waals surface area contributed by atoms with Crippen LogP contribution in [-0.4, -0.2) is 58.6 Å². The van der Waals surface area contributed by atoms with Crippen LogP contribution >= 0.6 is 11.3 Å². The highest BCUT2D eigenvalue weighted by molar-refractivity contribution is 7.13. The van der Waals surface area contributed by atoms with E-state index in [4.69, 9.17) is 4.52 Å². The van der Waals surface area contributed by atoms with Gasteiger partial charge in [0.05, 0.1) is 4.88 Å². The van der Waals surface area contributed by atoms with E-state index in [-0.39, 0.29) is 5.91 Å². The Morgan fingerprint density at radius 3 is 2.72 bits per heavy atom. The van der Waals surface area contributed by atoms with Crippen molar-refractivity contribution in [2.45, 2.75) is 26.7 Å². The van der Waals surface area contributed by atoms with Gasteiger partial charge < -0.3 is 9.42 Å². The molecule has 0 spiro atoms. The summed E-state index contributed by atoms with van der Waals surface area (Å²) in [7, 11) is 0. The monoisotopic (exact) mass is 410 g/mol. The molecule has 6 nitrogen and oxygen atoms in total. The third kappa shape index (κ3) is 4.74. The Balaban J connectivity index is 1.22. The van der Waals surface area contributed by atoms with E-state index in [0.717, 1.165) is 61.6 Å². The smallest absolute Gasteiger partial charge is 0.254 e. The first-order valence-corrected chi connectivity index (χ1v) is 10.9. The second-order valence-electron chi connectivity index (χ2n) is 7.54. The Hall–Kier alpha value is -2.51. The molecule has 152 valence electrons. The highest BCUT2D eigenvalue weighted by atomic mass is 32.1. The maximum Gasteiger partial charge on any atom is 0.254 e. The number of carbonyl (C=O) groups excluding carboxylic acids is 1. The number of rotatable bonds is 6. The SMILES string of the molecule is Cc1ccc(C(=O)N2CCN(CCCc3nc(-c4cccs4)no3)CC2)c(C)c1. The number of aryl methyl sites for hydroxylation is 3. The molecule has 0 N–H and O–H groups in total. The summed E-state index contributed by atoms with van der Waals surface area (Å²) in [6.45, 7) is 8.39. The van der Waals surface area contributed by atoms with Gasteiger partial charge in [-0.2, -0.15) is 4.98 Å². The van der Waals surface area contributed by atoms with Gasteiger partial charge in [-0.1, -0.05) is 28.9 Å². The minimum atomic E-state index is 0.147. The van der Waals surface area contributed by atoms with Crippen molar-refractivity contribution in [2.24, 2.45) is 0 Å². The van der Waals surface area contributed by atoms with Gasteiger partial charge in [0.25, 0.3) is 5.91 Å². The van der Waals surface area contributed by atoms with E-state index < -0.39 is 0 Å². The number of thiophene rings is 1. The summed E-state index contributed by atoms with van der Waals surface area (Å²) < 4.78 is 5.37. The van der Waals surface area contributed by atoms with Crippen LogP contribution in [0.2, 0.25) is 0 Å². The van der Waals surface area contributed by atoms with Gasteiger partial charge in [-0.25, -0.2) is 0 Å². The van der Waals surface area contributed by atoms with E-state index in [9.17, 15) is 4.79 Å². The summed E-state index contributed by atoms with van der Waals surface area (Å²) in [6.07, 6.45) is 1.75. The zero-order chi connectivity index (χ0) is 20.2. The largest absolute Gasteiger partial charge is 0.339 e. The molecule has 0 saturated carbocycles. The zero-order valence-corrected chi connectivity index (χ0v) is 17.7. The second-order valence-corrected chi connectivity index (χ2v) is 8.49. The molecule has 1 amide bonds. The lowest BCUT2D eigenvalue weighted by Crippen LogP contribution is -2.49. The summed E-state index contributed by atoms with van der Waals surface area (Å²) in [5, 5.41) is 6.07. The van der Waals surface area contributed by atoms with E-state index in [1.807, 2.05) is 41.5 Å². The van der Waals surface area contributed by atoms with E-state index in [2.05, 4.69) is 28.0 Å². The molecule has 0 unspecified atom stereocenters. The van der Waals surface area contributed by atoms with Crippen molar-refractivity contribution in [1.82, 2.24) is 19.9 Å². The Kier molecular flexibility index (Phi) is 6.06. The summed E-state index contributed by atoms with van der Waals surface area (Å²) in [4.78, 5) is 22.7. The molecule has 1 aliphatic heterocycles. The summed E-state index contributed by atoms with van der Waals surface area (Å²) in [6, 6.07) is 10.0. The van der Waals surface area contributed by atoms with E-state index in [1.165, 1.54) is 5.56 Å². The number of carbonyl (C=O) groups is 1. The van der Waals surface area contributed by atoms with Crippen LogP contribution in [0.5, 0.6) is 0 Å². The van der Waals surface area contributed by atoms with E-state index >= 15 is 0 Å². The van der Waals surface area contributed by atoms with Gasteiger partial charge in [0.15, 0.2) is 0 Å². The molecule has 4 rings (SSSR count). The molecule has 0 radical (unpaired) electrons. The molecule has 29 heavy (non-hydrogen) atoms. The molecule has 1 saturated heterocycles. The van der Waals surface area contributed by atoms with Crippen molar-refractivity contribution in [3.8, 4) is 10.7 Å². The fraction of sp³-hybridized carbons (Fsp3) is 0.409. The lowest BCUT2D eigenvalue weighted by molar-refractivity contribution is 0.0635. The van der Waals surface area contributed by atoms with E-state index in [0.29, 0.717) is 11.7 Å². The van der Waals surface area contributed by atoms with Crippen LogP contribution in [0.4, 0.5) is 0 Å². The fourth-order valence-corrected chi connectivity index (χ4v) is 4.36. The number of hydrogen-bond donors (Lipinski definition) is 0. The van der Waals surface area contributed by atoms with Gasteiger partial charge in [0, 0.05) is 38.2 Å². The van der Waals surface area contributed by atoms with Crippen LogP contribution in [0, 0.1) is 13.8 Å². The van der Waals surface area contributed by atoms with Crippen molar-refractivity contribution in [3.63, 3.8) is 0 Å². The Labute approximate surface area is 175 Å². The third-order valence-electron chi connectivity index (χ3n) is 5.35. The standard InChI is InChI=1S/C22H26N4O2S/c1-16-7-8-18(17(2)15-16)22(27)26-12-10-25(11-13-26)9-3-6-20-23-21(24-28-20)19-5-4-14-29-19/h4-5,7-8,14-15H,3,6,9-13H2,1-2H3. The van der Waals surface area contributed by atoms with Crippen molar-refractivity contribution < 1.29 is 9.32 Å². The maximum atomic E-state index is 12.8. The van der Waals surface area contributed by atoms with Gasteiger partial charge in [0.1, 0.15) is 0 Å². The Bertz CT molecular complexity index is 959. The van der Waals surface area contributed by atoms with Crippen LogP contribution in [0.15, 0.2) is 40.2 Å². The first kappa shape index (κ1) is 19.8. The predicted octanol–water partition coefficient (Wildman–Crippen LogP) is 3.81. The Morgan fingerprint density at radius 1 is 1.17 bits per heavy atom. The summed E-state index contributed by atoms with van der Waals surface area (Å²) in [5.74, 6) is 1.51. The highest BCUT2D eigenvalue weighted by Crippen LogP contribution is 2.21. The van der Waals surface area contributed by atoms with Crippen LogP contribution in [0.3, 0.4) is 0 Å². The molecular weight excluding hydrogens is 384 g/mol. The van der Waals surface area contributed by atoms with Crippen LogP contribution in [0.25, 0.3) is 10.7 Å². The summed E-state index contributed by atoms with van der Waals surface area (Å²) in [5.41, 5.74) is 3.06. The first-order valence-electron chi connectivity index (χ1n) is 10.1. The highest BCUT2D eigenvalue weighted by Gasteiger charge is 2.23. The second kappa shape index (κ2) is 8.88. The minimum Gasteiger partial charge on any atom is -0.339 e. The molecule has 0 bridgehead atoms. The number of piperazine rings is 1. The quantitative estimate of drug-likeness (QED) is 0.618. The van der Waals surface area contributed by atoms with Gasteiger partial charge >= 0.3 is 0 Å². The average Bonchev–Trinajstić information content (AvgIpc) is 3.40. The van der Waals surface area contributed by atoms with Crippen molar-refractivity contribution in [3.05, 3.63) is 58.3 Å². The number of nitrogens with zero attached hydrogens (tertiary/aromatic N) is 4. The molecule has 0 atom stereocenters. The van der Waals surface area contributed by atoms with Crippen LogP contribution in [-0.2, 0) is 6.42 Å². The van der Waals surface area contributed by atoms with Gasteiger partial charge in [-0.15, -0.1) is 11.3 Å². The lowest BCUT2D eigenvalue weighted by Gasteiger charge is -2.35. The maximum absolute atomic E-state index is 12.8. The van der Waals surface area contributed by atoms with Crippen molar-refractivity contribution in [1.29, 1.82) is 0 Å². The average molecular weight is 411 g/mol. The molecule has 1 aliphatic rings. The zero-order valence-electron chi connectivity index (χ0n) is 16.9. The molecule has 3 heterocycles. The normalized spacial score (nSPS) is 15.0. The molecule has 0 aliphatic carbocycles. The van der Waals surface area contributed by atoms with E-state index in [1.54, 1.807) is 11.3 Å². The van der Waals surface area contributed by atoms with Crippen LogP contribution in [0.1, 0.15) is 33.8 Å². The predicted molar refractivity (Wildman–Crippen MR) is 114 cm³/mol. The number of amides is 1. The minimum absolute atomic E-state index is 0.147. The topological polar surface area (TPSA) is 62.5 Å². The molecule has 7 heteroatoms. The third-order valence-corrected chi connectivity index (χ3v) is 6.21. The molecule has 1 aromatic carbocycles. The number of hydrogen-bond acceptors (Lipinski definition) is 6. The summed E-state index contributed by atoms with van der Waals surface area (Å²) >= 11 is 1.61. The molecule has 3 aromatic rings. The molecule has 2 aromatic heterocycles. The first-order chi connectivity index (χ1) is 14.1.